The molecule has 0 bridgehead atoms. The molecule has 0 aliphatic rings. The van der Waals surface area contributed by atoms with Crippen molar-refractivity contribution in [1.29, 1.82) is 0 Å². The minimum atomic E-state index is 0.0744. The molecule has 0 fully saturated rings. The highest BCUT2D eigenvalue weighted by atomic mass is 32.1. The van der Waals surface area contributed by atoms with Gasteiger partial charge in [-0.1, -0.05) is 5.21 Å². The highest BCUT2D eigenvalue weighted by Crippen LogP contribution is 2.18. The van der Waals surface area contributed by atoms with E-state index in [1.165, 1.54) is 4.88 Å². The number of aromatic nitrogens is 4. The summed E-state index contributed by atoms with van der Waals surface area (Å²) in [7, 11) is 0. The van der Waals surface area contributed by atoms with Crippen molar-refractivity contribution in [1.82, 2.24) is 25.3 Å². The SMILES string of the molecule is Cc1cnc(C(C)NCc2cn(CCO)nn2)s1. The lowest BCUT2D eigenvalue weighted by Crippen LogP contribution is -2.18. The molecule has 18 heavy (non-hydrogen) atoms. The van der Waals surface area contributed by atoms with Gasteiger partial charge in [0.2, 0.25) is 0 Å². The van der Waals surface area contributed by atoms with Gasteiger partial charge in [0.1, 0.15) is 5.01 Å². The first-order chi connectivity index (χ1) is 8.69. The first kappa shape index (κ1) is 13.1. The van der Waals surface area contributed by atoms with Crippen LogP contribution in [-0.4, -0.2) is 31.7 Å². The summed E-state index contributed by atoms with van der Waals surface area (Å²) in [5.74, 6) is 0. The molecule has 0 aliphatic carbocycles. The van der Waals surface area contributed by atoms with E-state index in [0.29, 0.717) is 13.1 Å². The second-order valence-electron chi connectivity index (χ2n) is 4.11. The Morgan fingerprint density at radius 1 is 1.56 bits per heavy atom. The predicted molar refractivity (Wildman–Crippen MR) is 69.2 cm³/mol. The molecule has 2 N–H and O–H groups in total. The van der Waals surface area contributed by atoms with Crippen LogP contribution in [-0.2, 0) is 13.1 Å². The molecule has 98 valence electrons. The summed E-state index contributed by atoms with van der Waals surface area (Å²) in [6.07, 6.45) is 3.72. The fourth-order valence-corrected chi connectivity index (χ4v) is 2.35. The van der Waals surface area contributed by atoms with Crippen molar-refractivity contribution in [2.75, 3.05) is 6.61 Å². The second kappa shape index (κ2) is 6.03. The van der Waals surface area contributed by atoms with Crippen molar-refractivity contribution in [3.63, 3.8) is 0 Å². The second-order valence-corrected chi connectivity index (χ2v) is 5.37. The van der Waals surface area contributed by atoms with Gasteiger partial charge in [0.05, 0.1) is 24.9 Å². The van der Waals surface area contributed by atoms with Crippen molar-refractivity contribution in [2.45, 2.75) is 33.0 Å². The summed E-state index contributed by atoms with van der Waals surface area (Å²) in [6, 6.07) is 0.201. The number of rotatable bonds is 6. The molecule has 2 aromatic heterocycles. The lowest BCUT2D eigenvalue weighted by Gasteiger charge is -2.08. The van der Waals surface area contributed by atoms with Gasteiger partial charge < -0.3 is 10.4 Å². The molecule has 2 rings (SSSR count). The van der Waals surface area contributed by atoms with E-state index >= 15 is 0 Å². The predicted octanol–water partition coefficient (Wildman–Crippen LogP) is 0.886. The fraction of sp³-hybridized carbons (Fsp3) is 0.545. The molecule has 0 saturated heterocycles. The molecule has 0 aliphatic heterocycles. The number of nitrogens with one attached hydrogen (secondary N) is 1. The molecule has 1 atom stereocenters. The van der Waals surface area contributed by atoms with E-state index in [1.807, 2.05) is 19.3 Å². The van der Waals surface area contributed by atoms with E-state index in [4.69, 9.17) is 5.11 Å². The minimum absolute atomic E-state index is 0.0744. The van der Waals surface area contributed by atoms with Crippen LogP contribution in [0.1, 0.15) is 28.5 Å². The van der Waals surface area contributed by atoms with Crippen LogP contribution in [0.2, 0.25) is 0 Å². The smallest absolute Gasteiger partial charge is 0.109 e. The van der Waals surface area contributed by atoms with E-state index in [2.05, 4.69) is 27.5 Å². The van der Waals surface area contributed by atoms with Gasteiger partial charge >= 0.3 is 0 Å². The van der Waals surface area contributed by atoms with Crippen LogP contribution >= 0.6 is 11.3 Å². The van der Waals surface area contributed by atoms with Gasteiger partial charge in [-0.15, -0.1) is 16.4 Å². The van der Waals surface area contributed by atoms with Crippen molar-refractivity contribution < 1.29 is 5.11 Å². The van der Waals surface area contributed by atoms with Gasteiger partial charge in [-0.2, -0.15) is 0 Å². The molecule has 0 spiro atoms. The molecule has 0 saturated carbocycles. The van der Waals surface area contributed by atoms with E-state index in [9.17, 15) is 0 Å². The zero-order valence-corrected chi connectivity index (χ0v) is 11.3. The summed E-state index contributed by atoms with van der Waals surface area (Å²) in [5, 5.41) is 21.2. The number of aryl methyl sites for hydroxylation is 1. The van der Waals surface area contributed by atoms with Gasteiger partial charge in [-0.05, 0) is 13.8 Å². The molecular formula is C11H17N5OS. The third kappa shape index (κ3) is 3.34. The maximum absolute atomic E-state index is 8.79. The Balaban J connectivity index is 1.86. The van der Waals surface area contributed by atoms with Crippen molar-refractivity contribution in [3.05, 3.63) is 28.0 Å². The molecule has 7 heteroatoms. The summed E-state index contributed by atoms with van der Waals surface area (Å²) < 4.78 is 1.63. The molecule has 6 nitrogen and oxygen atoms in total. The van der Waals surface area contributed by atoms with Gasteiger partial charge in [0.15, 0.2) is 0 Å². The van der Waals surface area contributed by atoms with Gasteiger partial charge in [0.25, 0.3) is 0 Å². The van der Waals surface area contributed by atoms with Crippen LogP contribution in [0, 0.1) is 6.92 Å². The number of nitrogens with zero attached hydrogens (tertiary/aromatic N) is 4. The van der Waals surface area contributed by atoms with Crippen molar-refractivity contribution >= 4 is 11.3 Å². The third-order valence-electron chi connectivity index (χ3n) is 2.51. The van der Waals surface area contributed by atoms with Crippen LogP contribution in [0.3, 0.4) is 0 Å². The molecular weight excluding hydrogens is 250 g/mol. The molecule has 0 amide bonds. The zero-order chi connectivity index (χ0) is 13.0. The van der Waals surface area contributed by atoms with Gasteiger partial charge in [0, 0.05) is 23.8 Å². The monoisotopic (exact) mass is 267 g/mol. The Hall–Kier alpha value is -1.31. The van der Waals surface area contributed by atoms with Crippen LogP contribution in [0.4, 0.5) is 0 Å². The maximum atomic E-state index is 8.79. The Bertz CT molecular complexity index is 495. The van der Waals surface area contributed by atoms with Crippen LogP contribution < -0.4 is 5.32 Å². The normalized spacial score (nSPS) is 12.8. The number of aliphatic hydroxyl groups is 1. The topological polar surface area (TPSA) is 75.9 Å². The standard InChI is InChI=1S/C11H17N5OS/c1-8-5-13-11(18-8)9(2)12-6-10-7-16(3-4-17)15-14-10/h5,7,9,12,17H,3-4,6H2,1-2H3. The highest BCUT2D eigenvalue weighted by Gasteiger charge is 2.09. The largest absolute Gasteiger partial charge is 0.394 e. The fourth-order valence-electron chi connectivity index (χ4n) is 1.55. The van der Waals surface area contributed by atoms with E-state index in [0.717, 1.165) is 10.7 Å². The number of hydrogen-bond acceptors (Lipinski definition) is 6. The first-order valence-electron chi connectivity index (χ1n) is 5.84. The van der Waals surface area contributed by atoms with E-state index in [-0.39, 0.29) is 12.6 Å². The molecule has 1 unspecified atom stereocenters. The highest BCUT2D eigenvalue weighted by molar-refractivity contribution is 7.11. The third-order valence-corrected chi connectivity index (χ3v) is 3.61. The Morgan fingerprint density at radius 3 is 3.06 bits per heavy atom. The Labute approximate surface area is 110 Å². The average Bonchev–Trinajstić information content (AvgIpc) is 2.96. The molecule has 2 aromatic rings. The molecule has 0 aromatic carbocycles. The van der Waals surface area contributed by atoms with Crippen molar-refractivity contribution in [2.24, 2.45) is 0 Å². The lowest BCUT2D eigenvalue weighted by molar-refractivity contribution is 0.268. The number of thiazole rings is 1. The van der Waals surface area contributed by atoms with Crippen molar-refractivity contribution in [3.8, 4) is 0 Å². The summed E-state index contributed by atoms with van der Waals surface area (Å²) >= 11 is 1.70. The summed E-state index contributed by atoms with van der Waals surface area (Å²) in [5.41, 5.74) is 0.864. The van der Waals surface area contributed by atoms with Crippen LogP contribution in [0.5, 0.6) is 0 Å². The summed E-state index contributed by atoms with van der Waals surface area (Å²) in [6.45, 7) is 5.33. The summed E-state index contributed by atoms with van der Waals surface area (Å²) in [4.78, 5) is 5.56. The molecule has 0 radical (unpaired) electrons. The van der Waals surface area contributed by atoms with Gasteiger partial charge in [-0.25, -0.2) is 9.67 Å². The molecule has 2 heterocycles. The number of aliphatic hydroxyl groups excluding tert-OH is 1. The minimum Gasteiger partial charge on any atom is -0.394 e. The maximum Gasteiger partial charge on any atom is 0.109 e. The number of hydrogen-bond donors (Lipinski definition) is 2. The Morgan fingerprint density at radius 2 is 2.39 bits per heavy atom. The van der Waals surface area contributed by atoms with E-state index < -0.39 is 0 Å². The van der Waals surface area contributed by atoms with Crippen LogP contribution in [0.25, 0.3) is 0 Å². The first-order valence-corrected chi connectivity index (χ1v) is 6.66. The average molecular weight is 267 g/mol. The van der Waals surface area contributed by atoms with E-state index in [1.54, 1.807) is 16.0 Å². The Kier molecular flexibility index (Phi) is 4.40. The lowest BCUT2D eigenvalue weighted by atomic mass is 10.3. The quantitative estimate of drug-likeness (QED) is 0.813. The zero-order valence-electron chi connectivity index (χ0n) is 10.5. The van der Waals surface area contributed by atoms with Gasteiger partial charge in [-0.3, -0.25) is 0 Å². The van der Waals surface area contributed by atoms with Crippen LogP contribution in [0.15, 0.2) is 12.4 Å².